The fraction of sp³-hybridized carbons (Fsp3) is 0.526. The fourth-order valence-corrected chi connectivity index (χ4v) is 3.31. The summed E-state index contributed by atoms with van der Waals surface area (Å²) < 4.78 is 7.03. The van der Waals surface area contributed by atoms with Crippen LogP contribution in [0.3, 0.4) is 0 Å². The minimum atomic E-state index is -0.0723. The molecule has 0 spiro atoms. The normalized spacial score (nSPS) is 12.3. The molecule has 2 rings (SSSR count). The van der Waals surface area contributed by atoms with Crippen molar-refractivity contribution < 1.29 is 9.53 Å². The summed E-state index contributed by atoms with van der Waals surface area (Å²) >= 11 is 1.30. The van der Waals surface area contributed by atoms with Gasteiger partial charge in [0.2, 0.25) is 5.91 Å². The Kier molecular flexibility index (Phi) is 8.12. The summed E-state index contributed by atoms with van der Waals surface area (Å²) in [6.45, 7) is 7.71. The highest BCUT2D eigenvalue weighted by Crippen LogP contribution is 2.18. The number of rotatable bonds is 10. The molecule has 0 unspecified atom stereocenters. The lowest BCUT2D eigenvalue weighted by Gasteiger charge is -2.14. The second kappa shape index (κ2) is 10.3. The number of nitrogens with zero attached hydrogens (tertiary/aromatic N) is 2. The number of ether oxygens (including phenoxy) is 1. The molecule has 0 aliphatic carbocycles. The Morgan fingerprint density at radius 2 is 2.12 bits per heavy atom. The number of thioether (sulfide) groups is 1. The van der Waals surface area contributed by atoms with Crippen molar-refractivity contribution in [2.75, 3.05) is 19.0 Å². The van der Waals surface area contributed by atoms with E-state index < -0.39 is 0 Å². The van der Waals surface area contributed by atoms with E-state index in [9.17, 15) is 9.59 Å². The van der Waals surface area contributed by atoms with Crippen molar-refractivity contribution in [2.24, 2.45) is 0 Å². The van der Waals surface area contributed by atoms with Gasteiger partial charge in [-0.05, 0) is 38.8 Å². The molecule has 0 saturated heterocycles. The minimum Gasteiger partial charge on any atom is -0.382 e. The smallest absolute Gasteiger partial charge is 0.262 e. The van der Waals surface area contributed by atoms with Crippen molar-refractivity contribution in [3.8, 4) is 0 Å². The molecule has 0 radical (unpaired) electrons. The number of benzene rings is 1. The Labute approximate surface area is 158 Å². The first-order valence-corrected chi connectivity index (χ1v) is 10.0. The zero-order chi connectivity index (χ0) is 18.9. The lowest BCUT2D eigenvalue weighted by molar-refractivity contribution is -0.119. The van der Waals surface area contributed by atoms with Crippen molar-refractivity contribution in [3.63, 3.8) is 0 Å². The van der Waals surface area contributed by atoms with Crippen LogP contribution in [0.4, 0.5) is 0 Å². The Balaban J connectivity index is 2.21. The summed E-state index contributed by atoms with van der Waals surface area (Å²) in [5.41, 5.74) is 0.584. The number of carbonyl (C=O) groups excluding carboxylic acids is 1. The Morgan fingerprint density at radius 1 is 1.35 bits per heavy atom. The summed E-state index contributed by atoms with van der Waals surface area (Å²) in [5, 5.41) is 4.10. The molecular formula is C19H27N3O3S. The predicted molar refractivity (Wildman–Crippen MR) is 106 cm³/mol. The van der Waals surface area contributed by atoms with Crippen LogP contribution >= 0.6 is 11.8 Å². The van der Waals surface area contributed by atoms with E-state index in [4.69, 9.17) is 4.74 Å². The number of aromatic nitrogens is 2. The third-order valence-electron chi connectivity index (χ3n) is 4.05. The van der Waals surface area contributed by atoms with Crippen molar-refractivity contribution in [1.29, 1.82) is 0 Å². The van der Waals surface area contributed by atoms with E-state index >= 15 is 0 Å². The summed E-state index contributed by atoms with van der Waals surface area (Å²) in [6.07, 6.45) is 1.60. The maximum atomic E-state index is 12.9. The molecule has 0 bridgehead atoms. The van der Waals surface area contributed by atoms with Crippen molar-refractivity contribution >= 4 is 28.6 Å². The Morgan fingerprint density at radius 3 is 2.85 bits per heavy atom. The molecule has 2 aromatic rings. The molecule has 1 N–H and O–H groups in total. The number of nitrogens with one attached hydrogen (secondary N) is 1. The summed E-state index contributed by atoms with van der Waals surface area (Å²) in [6, 6.07) is 7.44. The molecule has 0 aliphatic rings. The predicted octanol–water partition coefficient (Wildman–Crippen LogP) is 2.83. The molecular weight excluding hydrogens is 350 g/mol. The van der Waals surface area contributed by atoms with Crippen LogP contribution in [-0.2, 0) is 16.1 Å². The number of fused-ring (bicyclic) bond motifs is 1. The van der Waals surface area contributed by atoms with Crippen LogP contribution in [-0.4, -0.2) is 40.5 Å². The van der Waals surface area contributed by atoms with Gasteiger partial charge in [0.15, 0.2) is 5.16 Å². The van der Waals surface area contributed by atoms with Crippen LogP contribution in [0, 0.1) is 0 Å². The highest BCUT2D eigenvalue weighted by molar-refractivity contribution is 7.99. The number of para-hydroxylation sites is 1. The molecule has 1 atom stereocenters. The van der Waals surface area contributed by atoms with Crippen LogP contribution in [0.25, 0.3) is 10.9 Å². The summed E-state index contributed by atoms with van der Waals surface area (Å²) in [4.78, 5) is 29.5. The molecule has 6 nitrogen and oxygen atoms in total. The molecule has 0 fully saturated rings. The van der Waals surface area contributed by atoms with Crippen LogP contribution in [0.2, 0.25) is 0 Å². The standard InChI is InChI=1S/C19H27N3O3S/c1-4-14(3)20-17(23)13-26-19-21-16-10-7-6-9-15(16)18(24)22(19)11-8-12-25-5-2/h6-7,9-10,14H,4-5,8,11-13H2,1-3H3,(H,20,23)/t14-/m0/s1. The average molecular weight is 378 g/mol. The third-order valence-corrected chi connectivity index (χ3v) is 5.03. The monoisotopic (exact) mass is 377 g/mol. The first-order chi connectivity index (χ1) is 12.6. The van der Waals surface area contributed by atoms with Crippen molar-refractivity contribution in [3.05, 3.63) is 34.6 Å². The van der Waals surface area contributed by atoms with E-state index in [0.29, 0.717) is 35.8 Å². The largest absolute Gasteiger partial charge is 0.382 e. The number of hydrogen-bond donors (Lipinski definition) is 1. The van der Waals surface area contributed by atoms with Crippen LogP contribution in [0.1, 0.15) is 33.6 Å². The van der Waals surface area contributed by atoms with E-state index in [-0.39, 0.29) is 23.3 Å². The Hall–Kier alpha value is -1.86. The van der Waals surface area contributed by atoms with Gasteiger partial charge in [-0.1, -0.05) is 30.8 Å². The van der Waals surface area contributed by atoms with E-state index in [1.807, 2.05) is 39.0 Å². The summed E-state index contributed by atoms with van der Waals surface area (Å²) in [5.74, 6) is 0.188. The SMILES string of the molecule is CCOCCCn1c(SCC(=O)N[C@@H](C)CC)nc2ccccc2c1=O. The highest BCUT2D eigenvalue weighted by atomic mass is 32.2. The Bertz CT molecular complexity index is 791. The molecule has 1 amide bonds. The quantitative estimate of drug-likeness (QED) is 0.392. The van der Waals surface area contributed by atoms with Gasteiger partial charge in [0.1, 0.15) is 0 Å². The molecule has 0 aliphatic heterocycles. The molecule has 1 aromatic carbocycles. The average Bonchev–Trinajstić information content (AvgIpc) is 2.65. The van der Waals surface area contributed by atoms with E-state index in [0.717, 1.165) is 12.8 Å². The molecule has 1 aromatic heterocycles. The molecule has 1 heterocycles. The van der Waals surface area contributed by atoms with E-state index in [1.54, 1.807) is 10.6 Å². The zero-order valence-corrected chi connectivity index (χ0v) is 16.5. The van der Waals surface area contributed by atoms with Gasteiger partial charge in [-0.25, -0.2) is 4.98 Å². The molecule has 7 heteroatoms. The number of carbonyl (C=O) groups is 1. The van der Waals surface area contributed by atoms with Gasteiger partial charge >= 0.3 is 0 Å². The van der Waals surface area contributed by atoms with E-state index in [1.165, 1.54) is 11.8 Å². The van der Waals surface area contributed by atoms with E-state index in [2.05, 4.69) is 10.3 Å². The maximum Gasteiger partial charge on any atom is 0.262 e. The maximum absolute atomic E-state index is 12.9. The lowest BCUT2D eigenvalue weighted by Crippen LogP contribution is -2.33. The first kappa shape index (κ1) is 20.5. The summed E-state index contributed by atoms with van der Waals surface area (Å²) in [7, 11) is 0. The second-order valence-corrected chi connectivity index (χ2v) is 7.03. The number of amides is 1. The van der Waals surface area contributed by atoms with Gasteiger partial charge in [0, 0.05) is 25.8 Å². The van der Waals surface area contributed by atoms with Gasteiger partial charge in [-0.15, -0.1) is 0 Å². The fourth-order valence-electron chi connectivity index (χ4n) is 2.47. The van der Waals surface area contributed by atoms with Crippen molar-refractivity contribution in [1.82, 2.24) is 14.9 Å². The topological polar surface area (TPSA) is 73.2 Å². The van der Waals surface area contributed by atoms with Gasteiger partial charge in [-0.2, -0.15) is 0 Å². The van der Waals surface area contributed by atoms with Crippen LogP contribution in [0.15, 0.2) is 34.2 Å². The van der Waals surface area contributed by atoms with Gasteiger partial charge < -0.3 is 10.1 Å². The molecule has 26 heavy (non-hydrogen) atoms. The molecule has 142 valence electrons. The second-order valence-electron chi connectivity index (χ2n) is 6.08. The first-order valence-electron chi connectivity index (χ1n) is 9.06. The third kappa shape index (κ3) is 5.57. The van der Waals surface area contributed by atoms with Crippen molar-refractivity contribution in [2.45, 2.75) is 51.4 Å². The number of hydrogen-bond acceptors (Lipinski definition) is 5. The minimum absolute atomic E-state index is 0.0485. The van der Waals surface area contributed by atoms with Gasteiger partial charge in [0.05, 0.1) is 16.7 Å². The lowest BCUT2D eigenvalue weighted by atomic mass is 10.2. The van der Waals surface area contributed by atoms with Gasteiger partial charge in [0.25, 0.3) is 5.56 Å². The zero-order valence-electron chi connectivity index (χ0n) is 15.7. The van der Waals surface area contributed by atoms with Crippen LogP contribution < -0.4 is 10.9 Å². The van der Waals surface area contributed by atoms with Gasteiger partial charge in [-0.3, -0.25) is 14.2 Å². The molecule has 0 saturated carbocycles. The highest BCUT2D eigenvalue weighted by Gasteiger charge is 2.13. The van der Waals surface area contributed by atoms with Crippen LogP contribution in [0.5, 0.6) is 0 Å².